The molecule has 7 heteroatoms. The van der Waals surface area contributed by atoms with Gasteiger partial charge < -0.3 is 25.9 Å². The number of aromatic amines is 1. The van der Waals surface area contributed by atoms with Crippen LogP contribution in [0.3, 0.4) is 0 Å². The molecule has 2 aromatic rings. The predicted octanol–water partition coefficient (Wildman–Crippen LogP) is 1.33. The Hall–Kier alpha value is -3.08. The predicted molar refractivity (Wildman–Crippen MR) is 92.2 cm³/mol. The number of aromatic nitrogens is 1. The molecule has 1 amide bonds. The monoisotopic (exact) mass is 341 g/mol. The summed E-state index contributed by atoms with van der Waals surface area (Å²) in [5, 5.41) is 11.7. The van der Waals surface area contributed by atoms with Crippen LogP contribution in [0, 0.1) is 17.7 Å². The average molecular weight is 341 g/mol. The number of amides is 1. The van der Waals surface area contributed by atoms with Crippen LogP contribution in [0.4, 0.5) is 10.1 Å². The van der Waals surface area contributed by atoms with Gasteiger partial charge in [-0.3, -0.25) is 4.79 Å². The minimum Gasteiger partial charge on any atom is -0.495 e. The van der Waals surface area contributed by atoms with Gasteiger partial charge in [-0.05, 0) is 24.3 Å². The van der Waals surface area contributed by atoms with Gasteiger partial charge in [-0.2, -0.15) is 0 Å². The first-order valence-corrected chi connectivity index (χ1v) is 7.50. The van der Waals surface area contributed by atoms with Crippen molar-refractivity contribution in [3.63, 3.8) is 0 Å². The van der Waals surface area contributed by atoms with E-state index in [-0.39, 0.29) is 23.7 Å². The Balaban J connectivity index is 2.16. The molecule has 0 bridgehead atoms. The summed E-state index contributed by atoms with van der Waals surface area (Å²) in [5.41, 5.74) is 7.28. The molecule has 1 aromatic heterocycles. The number of carbonyl (C=O) groups excluding carboxylic acids is 1. The van der Waals surface area contributed by atoms with Crippen molar-refractivity contribution in [2.24, 2.45) is 5.73 Å². The summed E-state index contributed by atoms with van der Waals surface area (Å²) < 4.78 is 19.5. The van der Waals surface area contributed by atoms with Crippen LogP contribution in [-0.4, -0.2) is 35.8 Å². The number of ether oxygens (including phenoxy) is 1. The molecule has 0 aliphatic carbocycles. The molecule has 2 heterocycles. The van der Waals surface area contributed by atoms with Crippen LogP contribution in [-0.2, 0) is 4.79 Å². The van der Waals surface area contributed by atoms with Gasteiger partial charge >= 0.3 is 0 Å². The molecule has 0 spiro atoms. The molecule has 1 atom stereocenters. The van der Waals surface area contributed by atoms with Crippen molar-refractivity contribution in [2.75, 3.05) is 19.0 Å². The molecule has 128 valence electrons. The number of methoxy groups -OCH3 is 1. The number of hydrogen-bond donors (Lipinski definition) is 4. The van der Waals surface area contributed by atoms with Gasteiger partial charge in [0, 0.05) is 11.8 Å². The van der Waals surface area contributed by atoms with Crippen LogP contribution in [0.15, 0.2) is 24.4 Å². The van der Waals surface area contributed by atoms with Crippen molar-refractivity contribution in [1.29, 1.82) is 0 Å². The van der Waals surface area contributed by atoms with Gasteiger partial charge in [0.1, 0.15) is 11.6 Å². The summed E-state index contributed by atoms with van der Waals surface area (Å²) in [4.78, 5) is 15.3. The molecule has 0 radical (unpaired) electrons. The number of aliphatic hydroxyl groups is 1. The summed E-state index contributed by atoms with van der Waals surface area (Å²) in [5.74, 6) is 4.83. The third-order valence-corrected chi connectivity index (χ3v) is 3.74. The first-order valence-electron chi connectivity index (χ1n) is 7.50. The van der Waals surface area contributed by atoms with Gasteiger partial charge in [-0.25, -0.2) is 4.39 Å². The van der Waals surface area contributed by atoms with Gasteiger partial charge in [0.2, 0.25) is 0 Å². The van der Waals surface area contributed by atoms with Gasteiger partial charge in [0.05, 0.1) is 42.3 Å². The molecule has 1 aliphatic heterocycles. The van der Waals surface area contributed by atoms with Crippen molar-refractivity contribution < 1.29 is 19.0 Å². The van der Waals surface area contributed by atoms with Crippen molar-refractivity contribution in [1.82, 2.24) is 4.98 Å². The van der Waals surface area contributed by atoms with Crippen molar-refractivity contribution in [3.8, 4) is 17.6 Å². The maximum Gasteiger partial charge on any atom is 0.256 e. The number of rotatable bonds is 3. The Kier molecular flexibility index (Phi) is 4.57. The van der Waals surface area contributed by atoms with Crippen molar-refractivity contribution in [2.45, 2.75) is 6.04 Å². The highest BCUT2D eigenvalue weighted by atomic mass is 19.1. The van der Waals surface area contributed by atoms with Gasteiger partial charge in [0.25, 0.3) is 5.91 Å². The number of benzene rings is 1. The molecule has 0 saturated heterocycles. The van der Waals surface area contributed by atoms with E-state index in [0.29, 0.717) is 22.7 Å². The lowest BCUT2D eigenvalue weighted by Gasteiger charge is -2.05. The summed E-state index contributed by atoms with van der Waals surface area (Å²) in [6.07, 6.45) is 3.25. The van der Waals surface area contributed by atoms with E-state index in [1.54, 1.807) is 18.3 Å². The van der Waals surface area contributed by atoms with E-state index in [0.717, 1.165) is 0 Å². The summed E-state index contributed by atoms with van der Waals surface area (Å²) in [6, 6.07) is 3.63. The Morgan fingerprint density at radius 1 is 1.44 bits per heavy atom. The second kappa shape index (κ2) is 6.81. The number of nitrogens with one attached hydrogen (secondary N) is 2. The van der Waals surface area contributed by atoms with E-state index in [2.05, 4.69) is 22.1 Å². The number of anilines is 1. The normalized spacial score (nSPS) is 15.4. The first-order chi connectivity index (χ1) is 12.0. The average Bonchev–Trinajstić information content (AvgIpc) is 3.18. The molecule has 1 aromatic carbocycles. The number of fused-ring (bicyclic) bond motifs is 1. The molecule has 1 aliphatic rings. The van der Waals surface area contributed by atoms with Crippen molar-refractivity contribution >= 4 is 23.2 Å². The van der Waals surface area contributed by atoms with Crippen LogP contribution in [0.1, 0.15) is 16.8 Å². The number of H-pyrrole nitrogens is 1. The lowest BCUT2D eigenvalue weighted by atomic mass is 9.99. The van der Waals surface area contributed by atoms with Crippen LogP contribution in [0.2, 0.25) is 0 Å². The summed E-state index contributed by atoms with van der Waals surface area (Å²) in [7, 11) is 1.51. The first kappa shape index (κ1) is 16.8. The van der Waals surface area contributed by atoms with Crippen LogP contribution >= 0.6 is 0 Å². The van der Waals surface area contributed by atoms with Gasteiger partial charge in [0.15, 0.2) is 0 Å². The van der Waals surface area contributed by atoms with E-state index in [9.17, 15) is 9.18 Å². The fraction of sp³-hybridized carbons (Fsp3) is 0.167. The van der Waals surface area contributed by atoms with Crippen LogP contribution < -0.4 is 15.8 Å². The maximum atomic E-state index is 14.3. The number of halogens is 1. The number of aliphatic hydroxyl groups excluding tert-OH is 1. The second-order valence-corrected chi connectivity index (χ2v) is 5.38. The highest BCUT2D eigenvalue weighted by molar-refractivity contribution is 6.35. The minimum atomic E-state index is -0.795. The Morgan fingerprint density at radius 2 is 2.24 bits per heavy atom. The molecular formula is C18H16FN3O3. The summed E-state index contributed by atoms with van der Waals surface area (Å²) >= 11 is 0. The SMILES string of the molecule is COc1cc[nH]c1C=C1C(=O)Nc2ccc(F)c(C#C[C@H](N)CO)c21. The maximum absolute atomic E-state index is 14.3. The van der Waals surface area contributed by atoms with E-state index in [1.807, 2.05) is 0 Å². The Bertz CT molecular complexity index is 921. The van der Waals surface area contributed by atoms with E-state index in [1.165, 1.54) is 19.2 Å². The number of nitrogens with two attached hydrogens (primary N) is 1. The zero-order chi connectivity index (χ0) is 18.0. The third kappa shape index (κ3) is 3.13. The van der Waals surface area contributed by atoms with Crippen molar-refractivity contribution in [3.05, 3.63) is 47.0 Å². The molecule has 3 rings (SSSR count). The summed E-state index contributed by atoms with van der Waals surface area (Å²) in [6.45, 7) is -0.344. The lowest BCUT2D eigenvalue weighted by Crippen LogP contribution is -2.21. The third-order valence-electron chi connectivity index (χ3n) is 3.74. The topological polar surface area (TPSA) is 100 Å². The van der Waals surface area contributed by atoms with Crippen LogP contribution in [0.25, 0.3) is 11.6 Å². The lowest BCUT2D eigenvalue weighted by molar-refractivity contribution is -0.110. The standard InChI is InChI=1S/C18H16FN3O3/c1-25-16-6-7-21-15(16)8-12-17-11(3-2-10(20)9-23)13(19)4-5-14(17)22-18(12)24/h4-8,10,21,23H,9,20H2,1H3,(H,22,24)/t10-/m0/s1. The smallest absolute Gasteiger partial charge is 0.256 e. The molecule has 5 N–H and O–H groups in total. The fourth-order valence-electron chi connectivity index (χ4n) is 2.54. The molecule has 0 unspecified atom stereocenters. The Morgan fingerprint density at radius 3 is 2.96 bits per heavy atom. The second-order valence-electron chi connectivity index (χ2n) is 5.38. The quantitative estimate of drug-likeness (QED) is 0.500. The molecular weight excluding hydrogens is 325 g/mol. The van der Waals surface area contributed by atoms with Crippen LogP contribution in [0.5, 0.6) is 5.75 Å². The highest BCUT2D eigenvalue weighted by Gasteiger charge is 2.28. The zero-order valence-electron chi connectivity index (χ0n) is 13.4. The fourth-order valence-corrected chi connectivity index (χ4v) is 2.54. The molecule has 25 heavy (non-hydrogen) atoms. The largest absolute Gasteiger partial charge is 0.495 e. The Labute approximate surface area is 143 Å². The number of carbonyl (C=O) groups is 1. The van der Waals surface area contributed by atoms with Gasteiger partial charge in [-0.15, -0.1) is 0 Å². The molecule has 0 saturated carbocycles. The molecule has 6 nitrogen and oxygen atoms in total. The van der Waals surface area contributed by atoms with E-state index < -0.39 is 11.9 Å². The highest BCUT2D eigenvalue weighted by Crippen LogP contribution is 2.37. The van der Waals surface area contributed by atoms with E-state index >= 15 is 0 Å². The zero-order valence-corrected chi connectivity index (χ0v) is 13.4. The molecule has 0 fully saturated rings. The number of hydrogen-bond acceptors (Lipinski definition) is 4. The van der Waals surface area contributed by atoms with Gasteiger partial charge in [-0.1, -0.05) is 11.8 Å². The minimum absolute atomic E-state index is 0.0523. The van der Waals surface area contributed by atoms with E-state index in [4.69, 9.17) is 15.6 Å².